The van der Waals surface area contributed by atoms with E-state index in [1.165, 1.54) is 0 Å². The van der Waals surface area contributed by atoms with Crippen molar-refractivity contribution in [3.8, 4) is 0 Å². The van der Waals surface area contributed by atoms with Gasteiger partial charge in [0.05, 0.1) is 12.5 Å². The minimum absolute atomic E-state index is 0.0952. The number of pyridine rings is 1. The van der Waals surface area contributed by atoms with Crippen LogP contribution in [-0.2, 0) is 19.2 Å². The highest BCUT2D eigenvalue weighted by Gasteiger charge is 2.53. The van der Waals surface area contributed by atoms with Gasteiger partial charge in [-0.2, -0.15) is 0 Å². The number of nitrogens with one attached hydrogen (secondary N) is 2. The van der Waals surface area contributed by atoms with Crippen LogP contribution in [0.25, 0.3) is 10.8 Å². The zero-order valence-electron chi connectivity index (χ0n) is 21.1. The van der Waals surface area contributed by atoms with Gasteiger partial charge in [0.1, 0.15) is 24.1 Å². The molecule has 2 fully saturated rings. The number of amides is 3. The van der Waals surface area contributed by atoms with Crippen molar-refractivity contribution in [3.63, 3.8) is 0 Å². The van der Waals surface area contributed by atoms with Crippen LogP contribution >= 0.6 is 0 Å². The van der Waals surface area contributed by atoms with Gasteiger partial charge in [-0.3, -0.25) is 24.2 Å². The van der Waals surface area contributed by atoms with E-state index in [4.69, 9.17) is 5.11 Å². The molecule has 2 heterocycles. The fraction of sp³-hybridized carbons (Fsp3) is 0.481. The summed E-state index contributed by atoms with van der Waals surface area (Å²) in [4.78, 5) is 68.8. The molecular weight excluding hydrogens is 476 g/mol. The minimum Gasteiger partial charge on any atom is -0.481 e. The third kappa shape index (κ3) is 5.33. The van der Waals surface area contributed by atoms with Crippen LogP contribution < -0.4 is 10.6 Å². The molecule has 1 aromatic carbocycles. The van der Waals surface area contributed by atoms with Crippen LogP contribution in [0, 0.1) is 11.3 Å². The number of hydrogen-bond donors (Lipinski definition) is 3. The summed E-state index contributed by atoms with van der Waals surface area (Å²) >= 11 is 0. The van der Waals surface area contributed by atoms with E-state index < -0.39 is 47.7 Å². The van der Waals surface area contributed by atoms with E-state index in [0.717, 1.165) is 18.2 Å². The summed E-state index contributed by atoms with van der Waals surface area (Å²) in [6, 6.07) is 6.03. The number of carbonyl (C=O) groups is 5. The van der Waals surface area contributed by atoms with Crippen molar-refractivity contribution in [2.45, 2.75) is 70.6 Å². The summed E-state index contributed by atoms with van der Waals surface area (Å²) in [7, 11) is 0. The van der Waals surface area contributed by atoms with E-state index in [1.807, 2.05) is 39.0 Å². The number of likely N-dealkylation sites (tertiary alicyclic amines) is 1. The van der Waals surface area contributed by atoms with Gasteiger partial charge in [0.2, 0.25) is 11.8 Å². The number of carbonyl (C=O) groups excluding carboxylic acids is 4. The average molecular weight is 509 g/mol. The van der Waals surface area contributed by atoms with Crippen molar-refractivity contribution >= 4 is 40.7 Å². The summed E-state index contributed by atoms with van der Waals surface area (Å²) in [5, 5.41) is 15.9. The molecule has 37 heavy (non-hydrogen) atoms. The number of carboxylic acid groups (broad SMARTS) is 1. The maximum absolute atomic E-state index is 14.0. The van der Waals surface area contributed by atoms with Crippen LogP contribution in [0.3, 0.4) is 0 Å². The van der Waals surface area contributed by atoms with Crippen molar-refractivity contribution < 1.29 is 29.1 Å². The topological polar surface area (TPSA) is 146 Å². The molecule has 1 aromatic heterocycles. The molecule has 2 aliphatic rings. The molecule has 1 saturated heterocycles. The Morgan fingerprint density at radius 1 is 1.14 bits per heavy atom. The van der Waals surface area contributed by atoms with Crippen molar-refractivity contribution in [1.29, 1.82) is 0 Å². The standard InChI is InChI=1S/C27H32N4O6/c1-27(2,3)23(30-24(35)21-19-7-5-4-6-15(19)10-11-28-21)26(37)31-18-9-8-16(12-18)22(31)25(36)29-17(14-32)13-20(33)34/h4-7,10-11,14,16-18,22-23H,8-9,12-13H2,1-3H3,(H,29,36)(H,30,35)(H,33,34)/t16-,17-,18-,22-,23+/m0/s1. The van der Waals surface area contributed by atoms with Gasteiger partial charge in [0.15, 0.2) is 0 Å². The SMILES string of the molecule is CC(C)(C)[C@H](NC(=O)c1nccc2ccccc12)C(=O)N1[C@H]2CC[C@@H](C2)[C@H]1C(=O)N[C@H](C=O)CC(=O)O. The second-order valence-corrected chi connectivity index (χ2v) is 10.9. The van der Waals surface area contributed by atoms with Crippen LogP contribution in [0.1, 0.15) is 56.9 Å². The first-order valence-electron chi connectivity index (χ1n) is 12.5. The summed E-state index contributed by atoms with van der Waals surface area (Å²) in [6.07, 6.45) is 3.53. The Hall–Kier alpha value is -3.82. The molecule has 3 amide bonds. The first-order valence-corrected chi connectivity index (χ1v) is 12.5. The fourth-order valence-electron chi connectivity index (χ4n) is 5.53. The zero-order valence-corrected chi connectivity index (χ0v) is 21.1. The van der Waals surface area contributed by atoms with Gasteiger partial charge in [-0.25, -0.2) is 0 Å². The zero-order chi connectivity index (χ0) is 26.9. The number of benzene rings is 1. The van der Waals surface area contributed by atoms with Crippen LogP contribution in [0.2, 0.25) is 0 Å². The molecule has 1 aliphatic heterocycles. The maximum Gasteiger partial charge on any atom is 0.305 e. The Morgan fingerprint density at radius 3 is 2.54 bits per heavy atom. The average Bonchev–Trinajstić information content (AvgIpc) is 3.47. The Balaban J connectivity index is 1.60. The van der Waals surface area contributed by atoms with Gasteiger partial charge in [0, 0.05) is 17.6 Å². The van der Waals surface area contributed by atoms with E-state index in [-0.39, 0.29) is 23.6 Å². The van der Waals surface area contributed by atoms with E-state index in [1.54, 1.807) is 23.2 Å². The van der Waals surface area contributed by atoms with Crippen molar-refractivity contribution in [2.24, 2.45) is 11.3 Å². The minimum atomic E-state index is -1.21. The van der Waals surface area contributed by atoms with E-state index >= 15 is 0 Å². The highest BCUT2D eigenvalue weighted by Crippen LogP contribution is 2.43. The lowest BCUT2D eigenvalue weighted by molar-refractivity contribution is -0.147. The van der Waals surface area contributed by atoms with Crippen LogP contribution in [-0.4, -0.2) is 69.1 Å². The summed E-state index contributed by atoms with van der Waals surface area (Å²) in [5.74, 6) is -2.72. The summed E-state index contributed by atoms with van der Waals surface area (Å²) in [6.45, 7) is 5.52. The molecule has 0 radical (unpaired) electrons. The van der Waals surface area contributed by atoms with Gasteiger partial charge in [0.25, 0.3) is 5.91 Å². The maximum atomic E-state index is 14.0. The number of aliphatic carboxylic acids is 1. The molecule has 0 spiro atoms. The van der Waals surface area contributed by atoms with E-state index in [2.05, 4.69) is 15.6 Å². The van der Waals surface area contributed by atoms with Crippen LogP contribution in [0.15, 0.2) is 36.5 Å². The van der Waals surface area contributed by atoms with Crippen LogP contribution in [0.4, 0.5) is 0 Å². The third-order valence-electron chi connectivity index (χ3n) is 7.27. The second kappa shape index (κ2) is 10.3. The highest BCUT2D eigenvalue weighted by atomic mass is 16.4. The molecular formula is C27H32N4O6. The number of aromatic nitrogens is 1. The van der Waals surface area contributed by atoms with Gasteiger partial charge in [-0.15, -0.1) is 0 Å². The molecule has 2 aromatic rings. The van der Waals surface area contributed by atoms with Crippen molar-refractivity contribution in [1.82, 2.24) is 20.5 Å². The second-order valence-electron chi connectivity index (χ2n) is 10.9. The van der Waals surface area contributed by atoms with E-state index in [0.29, 0.717) is 18.1 Å². The Morgan fingerprint density at radius 2 is 1.86 bits per heavy atom. The first kappa shape index (κ1) is 26.2. The van der Waals surface area contributed by atoms with Crippen LogP contribution in [0.5, 0.6) is 0 Å². The number of nitrogens with zero attached hydrogens (tertiary/aromatic N) is 2. The molecule has 10 nitrogen and oxygen atoms in total. The number of rotatable bonds is 8. The molecule has 4 rings (SSSR count). The van der Waals surface area contributed by atoms with Gasteiger partial charge >= 0.3 is 5.97 Å². The predicted molar refractivity (Wildman–Crippen MR) is 134 cm³/mol. The van der Waals surface area contributed by atoms with Crippen molar-refractivity contribution in [3.05, 3.63) is 42.2 Å². The third-order valence-corrected chi connectivity index (χ3v) is 7.27. The predicted octanol–water partition coefficient (Wildman–Crippen LogP) is 1.92. The summed E-state index contributed by atoms with van der Waals surface area (Å²) in [5.41, 5.74) is -0.477. The number of carboxylic acids is 1. The quantitative estimate of drug-likeness (QED) is 0.462. The molecule has 1 saturated carbocycles. The Kier molecular flexibility index (Phi) is 7.29. The number of fused-ring (bicyclic) bond motifs is 3. The summed E-state index contributed by atoms with van der Waals surface area (Å²) < 4.78 is 0. The van der Waals surface area contributed by atoms with Crippen molar-refractivity contribution in [2.75, 3.05) is 0 Å². The molecule has 0 unspecified atom stereocenters. The lowest BCUT2D eigenvalue weighted by atomic mass is 9.84. The van der Waals surface area contributed by atoms with Gasteiger partial charge in [-0.1, -0.05) is 45.0 Å². The fourth-order valence-corrected chi connectivity index (χ4v) is 5.53. The van der Waals surface area contributed by atoms with Gasteiger partial charge < -0.3 is 25.4 Å². The number of piperidine rings is 1. The Bertz CT molecular complexity index is 1230. The van der Waals surface area contributed by atoms with Gasteiger partial charge in [-0.05, 0) is 42.0 Å². The smallest absolute Gasteiger partial charge is 0.305 e. The first-order chi connectivity index (χ1) is 17.5. The molecule has 2 bridgehead atoms. The molecule has 3 N–H and O–H groups in total. The molecule has 1 aliphatic carbocycles. The molecule has 5 atom stereocenters. The number of hydrogen-bond acceptors (Lipinski definition) is 6. The normalized spacial score (nSPS) is 22.4. The lowest BCUT2D eigenvalue weighted by Crippen LogP contribution is -2.61. The largest absolute Gasteiger partial charge is 0.481 e. The Labute approximate surface area is 214 Å². The lowest BCUT2D eigenvalue weighted by Gasteiger charge is -2.40. The molecule has 10 heteroatoms. The van der Waals surface area contributed by atoms with E-state index in [9.17, 15) is 24.0 Å². The molecule has 196 valence electrons. The highest BCUT2D eigenvalue weighted by molar-refractivity contribution is 6.06. The number of aldehydes is 1. The monoisotopic (exact) mass is 508 g/mol.